The quantitative estimate of drug-likeness (QED) is 0.720. The van der Waals surface area contributed by atoms with E-state index in [0.29, 0.717) is 19.8 Å². The van der Waals surface area contributed by atoms with Gasteiger partial charge in [-0.1, -0.05) is 0 Å². The van der Waals surface area contributed by atoms with Gasteiger partial charge in [-0.2, -0.15) is 0 Å². The highest BCUT2D eigenvalue weighted by Gasteiger charge is 2.18. The van der Waals surface area contributed by atoms with Crippen LogP contribution in [0.25, 0.3) is 16.7 Å². The number of hydrogen-bond acceptors (Lipinski definition) is 5. The van der Waals surface area contributed by atoms with Gasteiger partial charge in [0.15, 0.2) is 6.29 Å². The van der Waals surface area contributed by atoms with Crippen LogP contribution in [-0.2, 0) is 16.0 Å². The van der Waals surface area contributed by atoms with Crippen molar-refractivity contribution < 1.29 is 9.47 Å². The van der Waals surface area contributed by atoms with E-state index in [1.165, 1.54) is 6.07 Å². The Kier molecular flexibility index (Phi) is 3.21. The number of rotatable bonds is 3. The molecular weight excluding hydrogens is 284 g/mol. The first-order valence-electron chi connectivity index (χ1n) is 7.02. The molecule has 3 aromatic heterocycles. The first-order valence-corrected chi connectivity index (χ1v) is 7.02. The van der Waals surface area contributed by atoms with Crippen molar-refractivity contribution in [2.24, 2.45) is 0 Å². The van der Waals surface area contributed by atoms with E-state index >= 15 is 0 Å². The maximum atomic E-state index is 12.2. The third-order valence-corrected chi connectivity index (χ3v) is 3.65. The summed E-state index contributed by atoms with van der Waals surface area (Å²) >= 11 is 0. The molecule has 112 valence electrons. The molecule has 0 amide bonds. The number of nitrogens with zero attached hydrogens (tertiary/aromatic N) is 4. The van der Waals surface area contributed by atoms with Crippen molar-refractivity contribution >= 4 is 11.0 Å². The second kappa shape index (κ2) is 5.36. The van der Waals surface area contributed by atoms with Crippen LogP contribution >= 0.6 is 0 Å². The van der Waals surface area contributed by atoms with Crippen LogP contribution in [0.4, 0.5) is 0 Å². The van der Waals surface area contributed by atoms with Crippen molar-refractivity contribution in [3.63, 3.8) is 0 Å². The molecule has 7 heteroatoms. The van der Waals surface area contributed by atoms with Crippen LogP contribution in [0, 0.1) is 0 Å². The summed E-state index contributed by atoms with van der Waals surface area (Å²) < 4.78 is 14.4. The lowest BCUT2D eigenvalue weighted by atomic mass is 10.3. The molecule has 0 bridgehead atoms. The summed E-state index contributed by atoms with van der Waals surface area (Å²) in [6.45, 7) is 1.47. The minimum absolute atomic E-state index is 0.101. The van der Waals surface area contributed by atoms with Crippen molar-refractivity contribution in [1.82, 2.24) is 19.1 Å². The van der Waals surface area contributed by atoms with E-state index in [4.69, 9.17) is 9.47 Å². The van der Waals surface area contributed by atoms with Crippen molar-refractivity contribution in [3.05, 3.63) is 53.5 Å². The largest absolute Gasteiger partial charge is 0.348 e. The normalized spacial score (nSPS) is 15.6. The van der Waals surface area contributed by atoms with E-state index in [0.717, 1.165) is 16.7 Å². The molecule has 0 aromatic carbocycles. The summed E-state index contributed by atoms with van der Waals surface area (Å²) in [4.78, 5) is 20.7. The molecule has 1 saturated heterocycles. The third kappa shape index (κ3) is 2.30. The first-order chi connectivity index (χ1) is 10.8. The summed E-state index contributed by atoms with van der Waals surface area (Å²) in [5, 5.41) is 0. The van der Waals surface area contributed by atoms with Gasteiger partial charge in [0, 0.05) is 18.5 Å². The Bertz CT molecular complexity index is 851. The molecule has 0 atom stereocenters. The minimum Gasteiger partial charge on any atom is -0.348 e. The number of hydrogen-bond donors (Lipinski definition) is 0. The van der Waals surface area contributed by atoms with Crippen LogP contribution in [0.2, 0.25) is 0 Å². The summed E-state index contributed by atoms with van der Waals surface area (Å²) in [5.41, 5.74) is 2.24. The molecule has 1 fully saturated rings. The van der Waals surface area contributed by atoms with Crippen molar-refractivity contribution in [1.29, 1.82) is 0 Å². The highest BCUT2D eigenvalue weighted by Crippen LogP contribution is 2.16. The number of imidazole rings is 1. The lowest BCUT2D eigenvalue weighted by molar-refractivity contribution is -0.0522. The smallest absolute Gasteiger partial charge is 0.251 e. The number of fused-ring (bicyclic) bond motifs is 1. The van der Waals surface area contributed by atoms with Crippen molar-refractivity contribution in [2.45, 2.75) is 12.8 Å². The topological polar surface area (TPSA) is 71.2 Å². The Morgan fingerprint density at radius 2 is 2.14 bits per heavy atom. The van der Waals surface area contributed by atoms with Crippen LogP contribution in [0.5, 0.6) is 0 Å². The fourth-order valence-corrected chi connectivity index (χ4v) is 2.56. The molecule has 7 nitrogen and oxygen atoms in total. The van der Waals surface area contributed by atoms with E-state index in [9.17, 15) is 4.79 Å². The Balaban J connectivity index is 1.84. The maximum Gasteiger partial charge on any atom is 0.251 e. The fraction of sp³-hybridized carbons (Fsp3) is 0.267. The molecule has 0 aliphatic carbocycles. The van der Waals surface area contributed by atoms with Gasteiger partial charge in [0.2, 0.25) is 0 Å². The van der Waals surface area contributed by atoms with Crippen molar-refractivity contribution in [2.75, 3.05) is 13.2 Å². The average molecular weight is 298 g/mol. The van der Waals surface area contributed by atoms with Gasteiger partial charge >= 0.3 is 0 Å². The van der Waals surface area contributed by atoms with Gasteiger partial charge in [0.05, 0.1) is 49.0 Å². The van der Waals surface area contributed by atoms with Gasteiger partial charge in [-0.25, -0.2) is 4.98 Å². The lowest BCUT2D eigenvalue weighted by Crippen LogP contribution is -2.27. The second-order valence-electron chi connectivity index (χ2n) is 5.02. The minimum atomic E-state index is -0.389. The third-order valence-electron chi connectivity index (χ3n) is 3.65. The predicted molar refractivity (Wildman–Crippen MR) is 78.8 cm³/mol. The standard InChI is InChI=1S/C15H14N4O3/c20-14-2-1-12-13(19(14)9-15-21-5-6-22-15)7-11(8-17-12)18-4-3-16-10-18/h1-4,7-8,10,15H,5-6,9H2. The number of aromatic nitrogens is 4. The molecule has 22 heavy (non-hydrogen) atoms. The second-order valence-corrected chi connectivity index (χ2v) is 5.02. The lowest BCUT2D eigenvalue weighted by Gasteiger charge is -2.14. The Hall–Kier alpha value is -2.51. The summed E-state index contributed by atoms with van der Waals surface area (Å²) in [5.74, 6) is 0. The fourth-order valence-electron chi connectivity index (χ4n) is 2.56. The molecule has 3 aromatic rings. The van der Waals surface area contributed by atoms with Gasteiger partial charge in [0.1, 0.15) is 0 Å². The van der Waals surface area contributed by atoms with Gasteiger partial charge in [0.25, 0.3) is 5.56 Å². The van der Waals surface area contributed by atoms with E-state index in [-0.39, 0.29) is 11.8 Å². The zero-order valence-electron chi connectivity index (χ0n) is 11.8. The van der Waals surface area contributed by atoms with Gasteiger partial charge < -0.3 is 18.6 Å². The Labute approximate surface area is 125 Å². The van der Waals surface area contributed by atoms with E-state index < -0.39 is 0 Å². The molecule has 1 aliphatic rings. The zero-order valence-corrected chi connectivity index (χ0v) is 11.8. The predicted octanol–water partition coefficient (Wildman–Crippen LogP) is 0.955. The van der Waals surface area contributed by atoms with E-state index in [1.54, 1.807) is 29.4 Å². The van der Waals surface area contributed by atoms with E-state index in [1.807, 2.05) is 16.8 Å². The average Bonchev–Trinajstić information content (AvgIpc) is 3.23. The summed E-state index contributed by atoms with van der Waals surface area (Å²) in [7, 11) is 0. The molecule has 0 spiro atoms. The summed E-state index contributed by atoms with van der Waals surface area (Å²) in [6.07, 6.45) is 6.58. The monoisotopic (exact) mass is 298 g/mol. The highest BCUT2D eigenvalue weighted by atomic mass is 16.7. The van der Waals surface area contributed by atoms with Crippen LogP contribution in [-0.4, -0.2) is 38.6 Å². The molecule has 0 saturated carbocycles. The summed E-state index contributed by atoms with van der Waals surface area (Å²) in [6, 6.07) is 5.16. The van der Waals surface area contributed by atoms with Crippen molar-refractivity contribution in [3.8, 4) is 5.69 Å². The Morgan fingerprint density at radius 1 is 1.27 bits per heavy atom. The highest BCUT2D eigenvalue weighted by molar-refractivity contribution is 5.76. The Morgan fingerprint density at radius 3 is 2.91 bits per heavy atom. The SMILES string of the molecule is O=c1ccc2ncc(-n3ccnc3)cc2n1CC1OCCO1. The van der Waals surface area contributed by atoms with Gasteiger partial charge in [-0.05, 0) is 12.1 Å². The number of ether oxygens (including phenoxy) is 2. The molecule has 0 radical (unpaired) electrons. The van der Waals surface area contributed by atoms with Gasteiger partial charge in [-0.15, -0.1) is 0 Å². The maximum absolute atomic E-state index is 12.2. The van der Waals surface area contributed by atoms with Crippen LogP contribution in [0.15, 0.2) is 47.9 Å². The molecule has 4 rings (SSSR count). The molecular formula is C15H14N4O3. The molecule has 0 unspecified atom stereocenters. The molecule has 4 heterocycles. The van der Waals surface area contributed by atoms with Crippen LogP contribution in [0.3, 0.4) is 0 Å². The van der Waals surface area contributed by atoms with Crippen LogP contribution < -0.4 is 5.56 Å². The van der Waals surface area contributed by atoms with E-state index in [2.05, 4.69) is 9.97 Å². The first kappa shape index (κ1) is 13.2. The van der Waals surface area contributed by atoms with Crippen LogP contribution in [0.1, 0.15) is 0 Å². The molecule has 0 N–H and O–H groups in total. The van der Waals surface area contributed by atoms with Gasteiger partial charge in [-0.3, -0.25) is 9.78 Å². The molecule has 1 aliphatic heterocycles. The number of pyridine rings is 2. The zero-order chi connectivity index (χ0) is 14.9.